The highest BCUT2D eigenvalue weighted by molar-refractivity contribution is 6.31. The summed E-state index contributed by atoms with van der Waals surface area (Å²) >= 11 is 12.1. The SMILES string of the molecule is CC(C)[C@@H]1COc2ccc(Cl)cc2C(=O)NCCOc2ccccc2C(=O)N[C@H](C(=O)NCCOc2ccc(Cl)cc2)CCC(=O)N1. The van der Waals surface area contributed by atoms with Crippen molar-refractivity contribution in [3.63, 3.8) is 0 Å². The second kappa shape index (κ2) is 17.4. The average Bonchev–Trinajstić information content (AvgIpc) is 3.05. The molecule has 0 aliphatic carbocycles. The Bertz CT molecular complexity index is 1550. The van der Waals surface area contributed by atoms with Gasteiger partial charge in [0.05, 0.1) is 30.3 Å². The van der Waals surface area contributed by atoms with Gasteiger partial charge in [-0.2, -0.15) is 0 Å². The van der Waals surface area contributed by atoms with E-state index in [-0.39, 0.29) is 74.5 Å². The van der Waals surface area contributed by atoms with E-state index in [0.29, 0.717) is 21.5 Å². The lowest BCUT2D eigenvalue weighted by Gasteiger charge is -2.24. The molecule has 4 rings (SSSR count). The number of para-hydroxylation sites is 1. The van der Waals surface area contributed by atoms with Crippen molar-refractivity contribution in [3.8, 4) is 17.2 Å². The van der Waals surface area contributed by atoms with Gasteiger partial charge in [-0.15, -0.1) is 0 Å². The maximum atomic E-state index is 13.4. The summed E-state index contributed by atoms with van der Waals surface area (Å²) in [5.74, 6) is -0.652. The van der Waals surface area contributed by atoms with Crippen LogP contribution in [0.4, 0.5) is 0 Å². The van der Waals surface area contributed by atoms with Crippen LogP contribution >= 0.6 is 23.2 Å². The summed E-state index contributed by atoms with van der Waals surface area (Å²) in [6.07, 6.45) is -0.0362. The molecule has 0 bridgehead atoms. The minimum atomic E-state index is -1.04. The number of carbonyl (C=O) groups is 4. The Morgan fingerprint density at radius 1 is 0.915 bits per heavy atom. The van der Waals surface area contributed by atoms with E-state index in [4.69, 9.17) is 37.4 Å². The van der Waals surface area contributed by atoms with Gasteiger partial charge in [-0.25, -0.2) is 0 Å². The maximum Gasteiger partial charge on any atom is 0.255 e. The average molecular weight is 686 g/mol. The normalized spacial score (nSPS) is 17.9. The molecule has 2 atom stereocenters. The van der Waals surface area contributed by atoms with Gasteiger partial charge in [0.15, 0.2) is 0 Å². The van der Waals surface area contributed by atoms with Gasteiger partial charge in [-0.3, -0.25) is 19.2 Å². The third-order valence-corrected chi connectivity index (χ3v) is 7.79. The molecule has 1 aliphatic heterocycles. The minimum Gasteiger partial charge on any atom is -0.492 e. The molecule has 11 nitrogen and oxygen atoms in total. The number of nitrogens with one attached hydrogen (secondary N) is 4. The van der Waals surface area contributed by atoms with Crippen molar-refractivity contribution in [2.75, 3.05) is 32.9 Å². The van der Waals surface area contributed by atoms with Gasteiger partial charge in [0.1, 0.15) is 43.1 Å². The number of carbonyl (C=O) groups excluding carboxylic acids is 4. The lowest BCUT2D eigenvalue weighted by molar-refractivity contribution is -0.124. The van der Waals surface area contributed by atoms with Gasteiger partial charge < -0.3 is 35.5 Å². The van der Waals surface area contributed by atoms with Crippen LogP contribution in [0.15, 0.2) is 66.7 Å². The molecule has 0 fully saturated rings. The first-order chi connectivity index (χ1) is 22.6. The quantitative estimate of drug-likeness (QED) is 0.282. The number of benzene rings is 3. The summed E-state index contributed by atoms with van der Waals surface area (Å²) in [7, 11) is 0. The molecular formula is C34H38Cl2N4O7. The molecule has 1 heterocycles. The summed E-state index contributed by atoms with van der Waals surface area (Å²) in [5.41, 5.74) is 0.423. The number of hydrogen-bond acceptors (Lipinski definition) is 7. The second-order valence-electron chi connectivity index (χ2n) is 11.1. The van der Waals surface area contributed by atoms with Gasteiger partial charge >= 0.3 is 0 Å². The van der Waals surface area contributed by atoms with Crippen molar-refractivity contribution in [3.05, 3.63) is 87.9 Å². The largest absolute Gasteiger partial charge is 0.492 e. The van der Waals surface area contributed by atoms with E-state index in [9.17, 15) is 19.2 Å². The highest BCUT2D eigenvalue weighted by Gasteiger charge is 2.26. The summed E-state index contributed by atoms with van der Waals surface area (Å²) in [5, 5.41) is 12.2. The van der Waals surface area contributed by atoms with Crippen LogP contribution in [0.3, 0.4) is 0 Å². The third kappa shape index (κ3) is 10.8. The van der Waals surface area contributed by atoms with Crippen molar-refractivity contribution in [1.82, 2.24) is 21.3 Å². The molecule has 0 aromatic heterocycles. The maximum absolute atomic E-state index is 13.4. The summed E-state index contributed by atoms with van der Waals surface area (Å²) in [4.78, 5) is 52.9. The molecule has 0 spiro atoms. The van der Waals surface area contributed by atoms with Crippen LogP contribution in [0.25, 0.3) is 0 Å². The van der Waals surface area contributed by atoms with Crippen LogP contribution in [0.5, 0.6) is 17.2 Å². The first-order valence-corrected chi connectivity index (χ1v) is 16.0. The van der Waals surface area contributed by atoms with Gasteiger partial charge in [0.25, 0.3) is 11.8 Å². The Morgan fingerprint density at radius 2 is 1.64 bits per heavy atom. The van der Waals surface area contributed by atoms with Crippen LogP contribution in [0.2, 0.25) is 10.0 Å². The smallest absolute Gasteiger partial charge is 0.255 e. The fraction of sp³-hybridized carbons (Fsp3) is 0.353. The van der Waals surface area contributed by atoms with E-state index < -0.39 is 29.8 Å². The number of halogens is 2. The molecule has 3 aromatic rings. The van der Waals surface area contributed by atoms with Gasteiger partial charge in [-0.1, -0.05) is 49.2 Å². The molecular weight excluding hydrogens is 647 g/mol. The highest BCUT2D eigenvalue weighted by atomic mass is 35.5. The summed E-state index contributed by atoms with van der Waals surface area (Å²) in [6, 6.07) is 16.7. The Morgan fingerprint density at radius 3 is 2.40 bits per heavy atom. The van der Waals surface area contributed by atoms with E-state index in [0.717, 1.165) is 0 Å². The van der Waals surface area contributed by atoms with Gasteiger partial charge in [-0.05, 0) is 66.9 Å². The van der Waals surface area contributed by atoms with Gasteiger partial charge in [0.2, 0.25) is 11.8 Å². The molecule has 0 radical (unpaired) electrons. The first kappa shape index (κ1) is 35.4. The molecule has 4 amide bonds. The molecule has 13 heteroatoms. The van der Waals surface area contributed by atoms with Crippen molar-refractivity contribution >= 4 is 46.8 Å². The lowest BCUT2D eigenvalue weighted by atomic mass is 10.0. The van der Waals surface area contributed by atoms with Crippen LogP contribution in [0.1, 0.15) is 47.4 Å². The summed E-state index contributed by atoms with van der Waals surface area (Å²) in [6.45, 7) is 4.45. The zero-order valence-corrected chi connectivity index (χ0v) is 27.7. The van der Waals surface area contributed by atoms with E-state index in [1.54, 1.807) is 60.7 Å². The van der Waals surface area contributed by atoms with E-state index in [1.165, 1.54) is 6.07 Å². The number of amides is 4. The fourth-order valence-corrected chi connectivity index (χ4v) is 4.94. The van der Waals surface area contributed by atoms with Crippen LogP contribution < -0.4 is 35.5 Å². The molecule has 250 valence electrons. The zero-order valence-electron chi connectivity index (χ0n) is 26.1. The van der Waals surface area contributed by atoms with Crippen molar-refractivity contribution in [2.24, 2.45) is 5.92 Å². The molecule has 47 heavy (non-hydrogen) atoms. The van der Waals surface area contributed by atoms with Crippen LogP contribution in [0, 0.1) is 5.92 Å². The molecule has 3 aromatic carbocycles. The number of ether oxygens (including phenoxy) is 3. The van der Waals surface area contributed by atoms with Crippen molar-refractivity contribution in [1.29, 1.82) is 0 Å². The molecule has 4 N–H and O–H groups in total. The third-order valence-electron chi connectivity index (χ3n) is 7.30. The Labute approximate surface area is 283 Å². The number of fused-ring (bicyclic) bond motifs is 2. The van der Waals surface area contributed by atoms with E-state index in [1.807, 2.05) is 13.8 Å². The van der Waals surface area contributed by atoms with E-state index in [2.05, 4.69) is 21.3 Å². The Kier molecular flexibility index (Phi) is 13.1. The zero-order chi connectivity index (χ0) is 33.8. The van der Waals surface area contributed by atoms with Crippen molar-refractivity contribution in [2.45, 2.75) is 38.8 Å². The lowest BCUT2D eigenvalue weighted by Crippen LogP contribution is -2.48. The minimum absolute atomic E-state index is 0.0225. The fourth-order valence-electron chi connectivity index (χ4n) is 4.64. The molecule has 1 aliphatic rings. The Balaban J connectivity index is 1.51. The summed E-state index contributed by atoms with van der Waals surface area (Å²) < 4.78 is 17.5. The Hall–Kier alpha value is -4.48. The standard InChI is InChI=1S/C34H38Cl2N4O7/c1-21(2)28-20-47-30-13-9-23(36)19-26(30)32(42)37-16-18-46-29-6-4-3-5-25(29)33(43)40-27(12-14-31(41)39-28)34(44)38-15-17-45-24-10-7-22(35)8-11-24/h3-11,13,19,21,27-28H,12,14-18,20H2,1-2H3,(H,37,42)(H,38,44)(H,39,41)(H,40,43)/t27-,28-/m0/s1. The van der Waals surface area contributed by atoms with E-state index >= 15 is 0 Å². The number of hydrogen-bond donors (Lipinski definition) is 4. The molecule has 0 saturated carbocycles. The van der Waals surface area contributed by atoms with Crippen molar-refractivity contribution < 1.29 is 33.4 Å². The van der Waals surface area contributed by atoms with Gasteiger partial charge in [0, 0.05) is 16.5 Å². The monoisotopic (exact) mass is 684 g/mol. The second-order valence-corrected chi connectivity index (χ2v) is 12.0. The molecule has 0 saturated heterocycles. The molecule has 0 unspecified atom stereocenters. The predicted octanol–water partition coefficient (Wildman–Crippen LogP) is 4.41. The number of rotatable bonds is 6. The highest BCUT2D eigenvalue weighted by Crippen LogP contribution is 2.24. The first-order valence-electron chi connectivity index (χ1n) is 15.3. The topological polar surface area (TPSA) is 144 Å². The predicted molar refractivity (Wildman–Crippen MR) is 178 cm³/mol. The van der Waals surface area contributed by atoms with Crippen LogP contribution in [-0.4, -0.2) is 68.6 Å². The van der Waals surface area contributed by atoms with Crippen LogP contribution in [-0.2, 0) is 9.59 Å².